The van der Waals surface area contributed by atoms with Gasteiger partial charge in [0, 0.05) is 11.9 Å². The quantitative estimate of drug-likeness (QED) is 0.647. The Balaban J connectivity index is 2.30. The summed E-state index contributed by atoms with van der Waals surface area (Å²) < 4.78 is 0. The van der Waals surface area contributed by atoms with Gasteiger partial charge in [0.15, 0.2) is 0 Å². The minimum absolute atomic E-state index is 0.00947. The number of anilines is 2. The van der Waals surface area contributed by atoms with Gasteiger partial charge in [-0.1, -0.05) is 0 Å². The van der Waals surface area contributed by atoms with Gasteiger partial charge in [-0.05, 0) is 24.3 Å². The van der Waals surface area contributed by atoms with Crippen LogP contribution in [0.2, 0.25) is 0 Å². The first-order chi connectivity index (χ1) is 6.27. The fraction of sp³-hybridized carbons (Fsp3) is 0.111. The van der Waals surface area contributed by atoms with Crippen LogP contribution in [0.3, 0.4) is 0 Å². The second-order valence-electron chi connectivity index (χ2n) is 2.80. The highest BCUT2D eigenvalue weighted by Gasteiger charge is 2.17. The topological polar surface area (TPSA) is 58.7 Å². The van der Waals surface area contributed by atoms with Gasteiger partial charge < -0.3 is 5.73 Å². The summed E-state index contributed by atoms with van der Waals surface area (Å²) in [6.45, 7) is 0. The lowest BCUT2D eigenvalue weighted by Crippen LogP contribution is -2.19. The summed E-state index contributed by atoms with van der Waals surface area (Å²) in [6, 6.07) is 7.04. The van der Waals surface area contributed by atoms with Crippen LogP contribution in [-0.2, 0) is 4.79 Å². The van der Waals surface area contributed by atoms with E-state index in [1.807, 2.05) is 0 Å². The van der Waals surface area contributed by atoms with E-state index in [1.165, 1.54) is 5.01 Å². The van der Waals surface area contributed by atoms with Crippen molar-refractivity contribution in [2.75, 3.05) is 10.7 Å². The molecule has 2 rings (SSSR count). The Labute approximate surface area is 75.6 Å². The second-order valence-corrected chi connectivity index (χ2v) is 2.80. The highest BCUT2D eigenvalue weighted by atomic mass is 16.2. The first-order valence-electron chi connectivity index (χ1n) is 3.98. The molecule has 0 saturated carbocycles. The van der Waals surface area contributed by atoms with Gasteiger partial charge in [-0.3, -0.25) is 4.79 Å². The Kier molecular flexibility index (Phi) is 1.73. The Morgan fingerprint density at radius 3 is 2.54 bits per heavy atom. The van der Waals surface area contributed by atoms with Crippen LogP contribution >= 0.6 is 0 Å². The number of carbonyl (C=O) groups is 1. The molecule has 66 valence electrons. The zero-order chi connectivity index (χ0) is 9.26. The number of carbonyl (C=O) groups excluding carboxylic acids is 1. The van der Waals surface area contributed by atoms with Crippen molar-refractivity contribution in [3.8, 4) is 0 Å². The van der Waals surface area contributed by atoms with Crippen molar-refractivity contribution in [3.63, 3.8) is 0 Å². The van der Waals surface area contributed by atoms with Gasteiger partial charge in [-0.15, -0.1) is 0 Å². The zero-order valence-electron chi connectivity index (χ0n) is 6.97. The van der Waals surface area contributed by atoms with Crippen LogP contribution in [0, 0.1) is 0 Å². The average molecular weight is 175 g/mol. The molecular weight excluding hydrogens is 166 g/mol. The summed E-state index contributed by atoms with van der Waals surface area (Å²) in [7, 11) is 0. The van der Waals surface area contributed by atoms with E-state index in [0.29, 0.717) is 12.1 Å². The Bertz CT molecular complexity index is 356. The predicted octanol–water partition coefficient (Wildman–Crippen LogP) is 0.991. The molecule has 1 aromatic rings. The third-order valence-electron chi connectivity index (χ3n) is 1.84. The molecule has 2 N–H and O–H groups in total. The zero-order valence-corrected chi connectivity index (χ0v) is 6.97. The summed E-state index contributed by atoms with van der Waals surface area (Å²) in [5, 5.41) is 5.31. The molecule has 4 nitrogen and oxygen atoms in total. The number of amides is 1. The van der Waals surface area contributed by atoms with Gasteiger partial charge in [0.1, 0.15) is 0 Å². The highest BCUT2D eigenvalue weighted by molar-refractivity contribution is 6.05. The SMILES string of the molecule is Nc1ccc(N2N=CCC2=O)cc1. The van der Waals surface area contributed by atoms with Crippen molar-refractivity contribution in [2.24, 2.45) is 5.10 Å². The van der Waals surface area contributed by atoms with Crippen LogP contribution in [0.5, 0.6) is 0 Å². The lowest BCUT2D eigenvalue weighted by Gasteiger charge is -2.11. The van der Waals surface area contributed by atoms with Crippen molar-refractivity contribution in [1.29, 1.82) is 0 Å². The summed E-state index contributed by atoms with van der Waals surface area (Å²) in [6.07, 6.45) is 1.98. The number of benzene rings is 1. The van der Waals surface area contributed by atoms with E-state index in [-0.39, 0.29) is 5.91 Å². The van der Waals surface area contributed by atoms with Crippen molar-refractivity contribution < 1.29 is 4.79 Å². The molecule has 0 aromatic heterocycles. The fourth-order valence-corrected chi connectivity index (χ4v) is 1.18. The molecule has 13 heavy (non-hydrogen) atoms. The van der Waals surface area contributed by atoms with E-state index >= 15 is 0 Å². The number of hydrazone groups is 1. The second kappa shape index (κ2) is 2.90. The Hall–Kier alpha value is -1.84. The lowest BCUT2D eigenvalue weighted by atomic mass is 10.3. The summed E-state index contributed by atoms with van der Waals surface area (Å²) >= 11 is 0. The summed E-state index contributed by atoms with van der Waals surface area (Å²) in [5.41, 5.74) is 6.96. The van der Waals surface area contributed by atoms with E-state index in [1.54, 1.807) is 30.5 Å². The highest BCUT2D eigenvalue weighted by Crippen LogP contribution is 2.19. The smallest absolute Gasteiger partial charge is 0.252 e. The molecule has 0 spiro atoms. The summed E-state index contributed by atoms with van der Waals surface area (Å²) in [4.78, 5) is 11.2. The van der Waals surface area contributed by atoms with Gasteiger partial charge in [0.2, 0.25) is 0 Å². The molecule has 0 bridgehead atoms. The van der Waals surface area contributed by atoms with Gasteiger partial charge in [-0.2, -0.15) is 5.10 Å². The third kappa shape index (κ3) is 1.38. The van der Waals surface area contributed by atoms with Gasteiger partial charge >= 0.3 is 0 Å². The molecule has 0 aliphatic carbocycles. The van der Waals surface area contributed by atoms with Crippen LogP contribution in [0.4, 0.5) is 11.4 Å². The molecule has 0 saturated heterocycles. The molecule has 0 radical (unpaired) electrons. The van der Waals surface area contributed by atoms with E-state index < -0.39 is 0 Å². The first kappa shape index (κ1) is 7.79. The Morgan fingerprint density at radius 2 is 2.00 bits per heavy atom. The minimum atomic E-state index is -0.00947. The predicted molar refractivity (Wildman–Crippen MR) is 51.4 cm³/mol. The molecule has 0 unspecified atom stereocenters. The number of nitrogens with zero attached hydrogens (tertiary/aromatic N) is 2. The van der Waals surface area contributed by atoms with E-state index in [2.05, 4.69) is 5.10 Å². The molecule has 1 aromatic carbocycles. The molecule has 1 aliphatic rings. The lowest BCUT2D eigenvalue weighted by molar-refractivity contribution is -0.116. The van der Waals surface area contributed by atoms with Gasteiger partial charge in [-0.25, -0.2) is 5.01 Å². The van der Waals surface area contributed by atoms with Crippen LogP contribution < -0.4 is 10.7 Å². The van der Waals surface area contributed by atoms with Crippen LogP contribution in [-0.4, -0.2) is 12.1 Å². The maximum atomic E-state index is 11.2. The molecule has 0 fully saturated rings. The number of nitrogens with two attached hydrogens (primary N) is 1. The van der Waals surface area contributed by atoms with E-state index in [4.69, 9.17) is 5.73 Å². The fourth-order valence-electron chi connectivity index (χ4n) is 1.18. The molecule has 1 aliphatic heterocycles. The van der Waals surface area contributed by atoms with Crippen LogP contribution in [0.15, 0.2) is 29.4 Å². The maximum Gasteiger partial charge on any atom is 0.252 e. The molecule has 4 heteroatoms. The molecule has 1 amide bonds. The van der Waals surface area contributed by atoms with Crippen molar-refractivity contribution in [3.05, 3.63) is 24.3 Å². The maximum absolute atomic E-state index is 11.2. The van der Waals surface area contributed by atoms with Gasteiger partial charge in [0.05, 0.1) is 12.1 Å². The summed E-state index contributed by atoms with van der Waals surface area (Å²) in [5.74, 6) is -0.00947. The standard InChI is InChI=1S/C9H9N3O/c10-7-1-3-8(4-2-7)12-9(13)5-6-11-12/h1-4,6H,5,10H2. The van der Waals surface area contributed by atoms with Crippen molar-refractivity contribution >= 4 is 23.5 Å². The van der Waals surface area contributed by atoms with Crippen LogP contribution in [0.25, 0.3) is 0 Å². The Morgan fingerprint density at radius 1 is 1.31 bits per heavy atom. The molecule has 0 atom stereocenters. The number of rotatable bonds is 1. The van der Waals surface area contributed by atoms with Gasteiger partial charge in [0.25, 0.3) is 5.91 Å². The normalized spacial score (nSPS) is 15.4. The minimum Gasteiger partial charge on any atom is -0.399 e. The number of hydrogen-bond acceptors (Lipinski definition) is 3. The number of hydrogen-bond donors (Lipinski definition) is 1. The third-order valence-corrected chi connectivity index (χ3v) is 1.84. The van der Waals surface area contributed by atoms with E-state index in [0.717, 1.165) is 5.69 Å². The van der Waals surface area contributed by atoms with Crippen LogP contribution in [0.1, 0.15) is 6.42 Å². The first-order valence-corrected chi connectivity index (χ1v) is 3.98. The largest absolute Gasteiger partial charge is 0.399 e. The van der Waals surface area contributed by atoms with Crippen molar-refractivity contribution in [2.45, 2.75) is 6.42 Å². The van der Waals surface area contributed by atoms with Crippen molar-refractivity contribution in [1.82, 2.24) is 0 Å². The molecule has 1 heterocycles. The molecular formula is C9H9N3O. The monoisotopic (exact) mass is 175 g/mol. The van der Waals surface area contributed by atoms with E-state index in [9.17, 15) is 4.79 Å². The number of nitrogen functional groups attached to an aromatic ring is 1. The average Bonchev–Trinajstić information content (AvgIpc) is 2.53.